The molecule has 3 aliphatic carbocycles. The van der Waals surface area contributed by atoms with Crippen molar-refractivity contribution in [1.29, 1.82) is 0 Å². The Bertz CT molecular complexity index is 245. The van der Waals surface area contributed by atoms with Crippen LogP contribution in [0.4, 0.5) is 0 Å². The third kappa shape index (κ3) is 1.99. The minimum Gasteiger partial charge on any atom is -0.462 e. The summed E-state index contributed by atoms with van der Waals surface area (Å²) in [7, 11) is 0. The van der Waals surface area contributed by atoms with E-state index in [1.54, 1.807) is 0 Å². The molecule has 1 fully saturated rings. The van der Waals surface area contributed by atoms with Crippen LogP contribution >= 0.6 is 0 Å². The van der Waals surface area contributed by atoms with Gasteiger partial charge in [-0.05, 0) is 31.6 Å². The summed E-state index contributed by atoms with van der Waals surface area (Å²) in [6, 6.07) is 0. The molecule has 0 spiro atoms. The van der Waals surface area contributed by atoms with Crippen molar-refractivity contribution in [3.05, 3.63) is 12.2 Å². The van der Waals surface area contributed by atoms with E-state index in [1.165, 1.54) is 12.8 Å². The Hall–Kier alpha value is -0.790. The number of carbonyl (C=O) groups excluding carboxylic acids is 1. The second-order valence-corrected chi connectivity index (χ2v) is 4.40. The summed E-state index contributed by atoms with van der Waals surface area (Å²) in [5.41, 5.74) is 0. The predicted octanol–water partition coefficient (Wildman–Crippen LogP) is 2.68. The lowest BCUT2D eigenvalue weighted by molar-refractivity contribution is -0.153. The number of rotatable bonds is 3. The molecule has 2 heteroatoms. The van der Waals surface area contributed by atoms with Gasteiger partial charge in [0.2, 0.25) is 0 Å². The largest absolute Gasteiger partial charge is 0.462 e. The van der Waals surface area contributed by atoms with E-state index in [9.17, 15) is 4.79 Å². The van der Waals surface area contributed by atoms with Crippen molar-refractivity contribution in [2.75, 3.05) is 0 Å². The molecule has 2 bridgehead atoms. The lowest BCUT2D eigenvalue weighted by Crippen LogP contribution is -2.35. The molecule has 0 aliphatic heterocycles. The highest BCUT2D eigenvalue weighted by Crippen LogP contribution is 2.37. The van der Waals surface area contributed by atoms with E-state index in [-0.39, 0.29) is 12.1 Å². The minimum atomic E-state index is -0.0153. The molecule has 0 radical (unpaired) electrons. The number of fused-ring (bicyclic) bond motifs is 2. The SMILES string of the molecule is CCCC(=O)O[C@H]1C[C@H]2C=C[C@@H]1CC2. The molecular weight excluding hydrogens is 176 g/mol. The highest BCUT2D eigenvalue weighted by molar-refractivity contribution is 5.69. The molecule has 0 unspecified atom stereocenters. The van der Waals surface area contributed by atoms with E-state index < -0.39 is 0 Å². The topological polar surface area (TPSA) is 26.3 Å². The Labute approximate surface area is 85.3 Å². The molecule has 0 amide bonds. The van der Waals surface area contributed by atoms with E-state index >= 15 is 0 Å². The summed E-state index contributed by atoms with van der Waals surface area (Å²) in [5, 5.41) is 0. The quantitative estimate of drug-likeness (QED) is 0.510. The van der Waals surface area contributed by atoms with E-state index in [1.807, 2.05) is 6.92 Å². The summed E-state index contributed by atoms with van der Waals surface area (Å²) < 4.78 is 5.48. The lowest BCUT2D eigenvalue weighted by atomic mass is 9.74. The Morgan fingerprint density at radius 2 is 2.29 bits per heavy atom. The van der Waals surface area contributed by atoms with Gasteiger partial charge >= 0.3 is 5.97 Å². The maximum absolute atomic E-state index is 11.3. The van der Waals surface area contributed by atoms with Gasteiger partial charge in [-0.2, -0.15) is 0 Å². The van der Waals surface area contributed by atoms with Gasteiger partial charge in [-0.1, -0.05) is 19.1 Å². The minimum absolute atomic E-state index is 0.0153. The Kier molecular flexibility index (Phi) is 2.90. The van der Waals surface area contributed by atoms with Crippen LogP contribution in [0.1, 0.15) is 39.0 Å². The molecule has 3 rings (SSSR count). The average Bonchev–Trinajstić information content (AvgIpc) is 2.19. The zero-order valence-electron chi connectivity index (χ0n) is 8.74. The van der Waals surface area contributed by atoms with Crippen LogP contribution in [-0.4, -0.2) is 12.1 Å². The van der Waals surface area contributed by atoms with Crippen molar-refractivity contribution in [3.8, 4) is 0 Å². The highest BCUT2D eigenvalue weighted by Gasteiger charge is 2.33. The molecule has 0 aromatic rings. The third-order valence-electron chi connectivity index (χ3n) is 3.25. The van der Waals surface area contributed by atoms with Gasteiger partial charge in [0, 0.05) is 12.3 Å². The zero-order valence-corrected chi connectivity index (χ0v) is 8.74. The van der Waals surface area contributed by atoms with Gasteiger partial charge in [-0.3, -0.25) is 4.79 Å². The van der Waals surface area contributed by atoms with Crippen molar-refractivity contribution in [3.63, 3.8) is 0 Å². The summed E-state index contributed by atoms with van der Waals surface area (Å²) in [4.78, 5) is 11.3. The maximum Gasteiger partial charge on any atom is 0.306 e. The number of carbonyl (C=O) groups is 1. The molecular formula is C12H18O2. The van der Waals surface area contributed by atoms with Gasteiger partial charge in [0.25, 0.3) is 0 Å². The molecule has 1 saturated carbocycles. The molecule has 0 saturated heterocycles. The Morgan fingerprint density at radius 1 is 1.43 bits per heavy atom. The van der Waals surface area contributed by atoms with Crippen molar-refractivity contribution < 1.29 is 9.53 Å². The fraction of sp³-hybridized carbons (Fsp3) is 0.750. The fourth-order valence-electron chi connectivity index (χ4n) is 2.45. The number of hydrogen-bond donors (Lipinski definition) is 0. The highest BCUT2D eigenvalue weighted by atomic mass is 16.5. The van der Waals surface area contributed by atoms with E-state index in [0.29, 0.717) is 18.3 Å². The summed E-state index contributed by atoms with van der Waals surface area (Å²) in [6.07, 6.45) is 9.69. The van der Waals surface area contributed by atoms with Crippen molar-refractivity contribution in [2.45, 2.75) is 45.1 Å². The fourth-order valence-corrected chi connectivity index (χ4v) is 2.45. The van der Waals surface area contributed by atoms with Crippen LogP contribution < -0.4 is 0 Å². The van der Waals surface area contributed by atoms with Crippen molar-refractivity contribution in [1.82, 2.24) is 0 Å². The number of esters is 1. The van der Waals surface area contributed by atoms with E-state index in [2.05, 4.69) is 12.2 Å². The van der Waals surface area contributed by atoms with Crippen LogP contribution in [0.5, 0.6) is 0 Å². The smallest absolute Gasteiger partial charge is 0.306 e. The van der Waals surface area contributed by atoms with E-state index in [4.69, 9.17) is 4.74 Å². The molecule has 0 aromatic heterocycles. The van der Waals surface area contributed by atoms with Crippen LogP contribution in [0.3, 0.4) is 0 Å². The molecule has 0 N–H and O–H groups in total. The second-order valence-electron chi connectivity index (χ2n) is 4.40. The van der Waals surface area contributed by atoms with E-state index in [0.717, 1.165) is 12.8 Å². The molecule has 3 atom stereocenters. The third-order valence-corrected chi connectivity index (χ3v) is 3.25. The first-order chi connectivity index (χ1) is 6.79. The van der Waals surface area contributed by atoms with Gasteiger partial charge in [-0.25, -0.2) is 0 Å². The number of hydrogen-bond acceptors (Lipinski definition) is 2. The van der Waals surface area contributed by atoms with Crippen molar-refractivity contribution >= 4 is 5.97 Å². The Balaban J connectivity index is 1.88. The van der Waals surface area contributed by atoms with Gasteiger partial charge in [0.05, 0.1) is 0 Å². The molecule has 0 heterocycles. The molecule has 14 heavy (non-hydrogen) atoms. The summed E-state index contributed by atoms with van der Waals surface area (Å²) in [6.45, 7) is 2.01. The monoisotopic (exact) mass is 194 g/mol. The summed E-state index contributed by atoms with van der Waals surface area (Å²) >= 11 is 0. The molecule has 2 nitrogen and oxygen atoms in total. The molecule has 3 aliphatic rings. The van der Waals surface area contributed by atoms with Gasteiger partial charge in [0.1, 0.15) is 6.10 Å². The van der Waals surface area contributed by atoms with Gasteiger partial charge < -0.3 is 4.74 Å². The number of ether oxygens (including phenoxy) is 1. The maximum atomic E-state index is 11.3. The first kappa shape index (κ1) is 9.75. The van der Waals surface area contributed by atoms with Gasteiger partial charge in [0.15, 0.2) is 0 Å². The first-order valence-electron chi connectivity index (χ1n) is 5.67. The second kappa shape index (κ2) is 4.16. The average molecular weight is 194 g/mol. The standard InChI is InChI=1S/C12H18O2/c1-2-3-12(13)14-11-8-9-4-6-10(11)7-5-9/h4,6,9-11H,2-3,5,7-8H2,1H3/t9-,10+,11-/m0/s1. The Morgan fingerprint density at radius 3 is 2.79 bits per heavy atom. The van der Waals surface area contributed by atoms with Crippen LogP contribution in [0.2, 0.25) is 0 Å². The summed E-state index contributed by atoms with van der Waals surface area (Å²) in [5.74, 6) is 1.15. The zero-order chi connectivity index (χ0) is 9.97. The van der Waals surface area contributed by atoms with Gasteiger partial charge in [-0.15, -0.1) is 0 Å². The van der Waals surface area contributed by atoms with Crippen molar-refractivity contribution in [2.24, 2.45) is 11.8 Å². The molecule has 0 aromatic carbocycles. The van der Waals surface area contributed by atoms with Crippen LogP contribution in [0.15, 0.2) is 12.2 Å². The first-order valence-corrected chi connectivity index (χ1v) is 5.67. The lowest BCUT2D eigenvalue weighted by Gasteiger charge is -2.37. The predicted molar refractivity (Wildman–Crippen MR) is 54.8 cm³/mol. The number of allylic oxidation sites excluding steroid dienone is 1. The van der Waals surface area contributed by atoms with Crippen LogP contribution in [0.25, 0.3) is 0 Å². The normalized spacial score (nSPS) is 34.5. The molecule has 78 valence electrons. The van der Waals surface area contributed by atoms with Crippen LogP contribution in [0, 0.1) is 11.8 Å². The van der Waals surface area contributed by atoms with Crippen LogP contribution in [-0.2, 0) is 9.53 Å².